The van der Waals surface area contributed by atoms with Crippen LogP contribution in [0.3, 0.4) is 0 Å². The predicted octanol–water partition coefficient (Wildman–Crippen LogP) is 6.29. The van der Waals surface area contributed by atoms with Crippen molar-refractivity contribution in [3.8, 4) is 11.1 Å². The number of anilines is 1. The second-order valence-electron chi connectivity index (χ2n) is 8.30. The molecule has 0 fully saturated rings. The van der Waals surface area contributed by atoms with Crippen molar-refractivity contribution in [1.82, 2.24) is 24.8 Å². The molecule has 0 aliphatic carbocycles. The molecule has 3 N–H and O–H groups in total. The highest BCUT2D eigenvalue weighted by Crippen LogP contribution is 2.37. The van der Waals surface area contributed by atoms with E-state index in [0.717, 1.165) is 30.0 Å². The van der Waals surface area contributed by atoms with Crippen LogP contribution in [0.4, 0.5) is 19.0 Å². The number of nitrogen functional groups attached to an aromatic ring is 1. The second-order valence-corrected chi connectivity index (χ2v) is 9.77. The number of alkyl halides is 3. The standard InChI is InChI=1S/C24H24ClF3N6S/c1-14(2)30-7-4-8-34-22-20(21(29)31-13-32-22)33-23(34)35-19-11-16(10-18(25)12-19)15-5-3-6-17(9-15)24(26,27)28/h3,5-6,9-14,30H,4,7-8H2,1-2H3,(H2,29,31,32). The zero-order valence-corrected chi connectivity index (χ0v) is 20.7. The Labute approximate surface area is 210 Å². The topological polar surface area (TPSA) is 81.7 Å². The third kappa shape index (κ3) is 6.06. The molecule has 0 saturated carbocycles. The normalized spacial score (nSPS) is 12.1. The first-order chi connectivity index (χ1) is 16.6. The lowest BCUT2D eigenvalue weighted by atomic mass is 10.0. The van der Waals surface area contributed by atoms with Gasteiger partial charge in [-0.25, -0.2) is 15.0 Å². The highest BCUT2D eigenvalue weighted by Gasteiger charge is 2.30. The van der Waals surface area contributed by atoms with Gasteiger partial charge in [-0.15, -0.1) is 0 Å². The molecule has 2 aromatic carbocycles. The van der Waals surface area contributed by atoms with Crippen LogP contribution in [-0.4, -0.2) is 32.1 Å². The van der Waals surface area contributed by atoms with Gasteiger partial charge in [-0.05, 0) is 54.4 Å². The summed E-state index contributed by atoms with van der Waals surface area (Å²) < 4.78 is 41.6. The Morgan fingerprint density at radius 3 is 2.66 bits per heavy atom. The molecule has 2 aromatic heterocycles. The second kappa shape index (κ2) is 10.4. The number of nitrogens with zero attached hydrogens (tertiary/aromatic N) is 4. The van der Waals surface area contributed by atoms with Gasteiger partial charge in [-0.3, -0.25) is 0 Å². The van der Waals surface area contributed by atoms with Crippen molar-refractivity contribution in [3.63, 3.8) is 0 Å². The van der Waals surface area contributed by atoms with E-state index in [2.05, 4.69) is 34.1 Å². The largest absolute Gasteiger partial charge is 0.416 e. The van der Waals surface area contributed by atoms with Gasteiger partial charge in [0.25, 0.3) is 0 Å². The predicted molar refractivity (Wildman–Crippen MR) is 134 cm³/mol. The molecule has 0 spiro atoms. The van der Waals surface area contributed by atoms with Gasteiger partial charge in [-0.2, -0.15) is 13.2 Å². The Morgan fingerprint density at radius 2 is 1.91 bits per heavy atom. The number of aromatic nitrogens is 4. The molecule has 0 aliphatic heterocycles. The number of hydrogen-bond donors (Lipinski definition) is 2. The molecule has 11 heteroatoms. The zero-order chi connectivity index (χ0) is 25.2. The first-order valence-corrected chi connectivity index (χ1v) is 12.2. The fourth-order valence-corrected chi connectivity index (χ4v) is 4.92. The summed E-state index contributed by atoms with van der Waals surface area (Å²) in [6.07, 6.45) is -2.18. The maximum absolute atomic E-state index is 13.2. The average molecular weight is 521 g/mol. The fourth-order valence-electron chi connectivity index (χ4n) is 3.61. The number of nitrogens with one attached hydrogen (secondary N) is 1. The van der Waals surface area contributed by atoms with Gasteiger partial charge in [0.15, 0.2) is 22.1 Å². The Bertz CT molecular complexity index is 1340. The van der Waals surface area contributed by atoms with E-state index in [1.807, 2.05) is 4.57 Å². The van der Waals surface area contributed by atoms with E-state index < -0.39 is 11.7 Å². The molecule has 6 nitrogen and oxygen atoms in total. The minimum absolute atomic E-state index is 0.284. The van der Waals surface area contributed by atoms with Crippen LogP contribution < -0.4 is 11.1 Å². The summed E-state index contributed by atoms with van der Waals surface area (Å²) in [6.45, 7) is 5.64. The highest BCUT2D eigenvalue weighted by molar-refractivity contribution is 7.99. The van der Waals surface area contributed by atoms with E-state index in [9.17, 15) is 13.2 Å². The molecule has 0 radical (unpaired) electrons. The van der Waals surface area contributed by atoms with Crippen molar-refractivity contribution >= 4 is 40.3 Å². The van der Waals surface area contributed by atoms with Crippen molar-refractivity contribution in [3.05, 3.63) is 59.4 Å². The molecule has 184 valence electrons. The van der Waals surface area contributed by atoms with E-state index in [1.54, 1.807) is 24.3 Å². The van der Waals surface area contributed by atoms with Crippen LogP contribution in [0.25, 0.3) is 22.3 Å². The Hall–Kier alpha value is -2.82. The van der Waals surface area contributed by atoms with Crippen molar-refractivity contribution in [2.45, 2.75) is 49.1 Å². The molecule has 0 bridgehead atoms. The third-order valence-electron chi connectivity index (χ3n) is 5.24. The van der Waals surface area contributed by atoms with Gasteiger partial charge >= 0.3 is 6.18 Å². The van der Waals surface area contributed by atoms with Gasteiger partial charge < -0.3 is 15.6 Å². The number of hydrogen-bond acceptors (Lipinski definition) is 6. The maximum atomic E-state index is 13.2. The summed E-state index contributed by atoms with van der Waals surface area (Å²) in [5.74, 6) is 0.284. The molecule has 0 unspecified atom stereocenters. The summed E-state index contributed by atoms with van der Waals surface area (Å²) in [7, 11) is 0. The number of imidazole rings is 1. The lowest BCUT2D eigenvalue weighted by molar-refractivity contribution is -0.137. The minimum Gasteiger partial charge on any atom is -0.382 e. The Balaban J connectivity index is 1.68. The van der Waals surface area contributed by atoms with E-state index in [-0.39, 0.29) is 5.82 Å². The van der Waals surface area contributed by atoms with Crippen molar-refractivity contribution in [2.24, 2.45) is 0 Å². The Morgan fingerprint density at radius 1 is 1.11 bits per heavy atom. The van der Waals surface area contributed by atoms with Gasteiger partial charge in [0, 0.05) is 22.5 Å². The minimum atomic E-state index is -4.43. The third-order valence-corrected chi connectivity index (χ3v) is 6.42. The first kappa shape index (κ1) is 25.3. The smallest absolute Gasteiger partial charge is 0.382 e. The van der Waals surface area contributed by atoms with Gasteiger partial charge in [0.2, 0.25) is 0 Å². The number of aryl methyl sites for hydroxylation is 1. The van der Waals surface area contributed by atoms with E-state index in [1.165, 1.54) is 24.2 Å². The molecule has 35 heavy (non-hydrogen) atoms. The summed E-state index contributed by atoms with van der Waals surface area (Å²) >= 11 is 7.71. The number of benzene rings is 2. The summed E-state index contributed by atoms with van der Waals surface area (Å²) in [5, 5.41) is 4.44. The van der Waals surface area contributed by atoms with E-state index in [0.29, 0.717) is 45.1 Å². The lowest BCUT2D eigenvalue weighted by Crippen LogP contribution is -2.24. The Kier molecular flexibility index (Phi) is 7.53. The quantitative estimate of drug-likeness (QED) is 0.266. The molecule has 0 saturated heterocycles. The number of halogens is 4. The fraction of sp³-hybridized carbons (Fsp3) is 0.292. The molecule has 0 atom stereocenters. The highest BCUT2D eigenvalue weighted by atomic mass is 35.5. The summed E-state index contributed by atoms with van der Waals surface area (Å²) in [4.78, 5) is 13.8. The van der Waals surface area contributed by atoms with Crippen LogP contribution in [-0.2, 0) is 12.7 Å². The van der Waals surface area contributed by atoms with Crippen LogP contribution in [0.5, 0.6) is 0 Å². The molecule has 4 aromatic rings. The van der Waals surface area contributed by atoms with Gasteiger partial charge in [0.05, 0.1) is 5.56 Å². The van der Waals surface area contributed by atoms with E-state index >= 15 is 0 Å². The maximum Gasteiger partial charge on any atom is 0.416 e. The molecular weight excluding hydrogens is 497 g/mol. The van der Waals surface area contributed by atoms with Gasteiger partial charge in [0.1, 0.15) is 6.33 Å². The molecule has 0 amide bonds. The molecule has 2 heterocycles. The molecular formula is C24H24ClF3N6S. The number of nitrogens with two attached hydrogens (primary N) is 1. The van der Waals surface area contributed by atoms with Crippen LogP contribution in [0, 0.1) is 0 Å². The van der Waals surface area contributed by atoms with Crippen molar-refractivity contribution in [1.29, 1.82) is 0 Å². The summed E-state index contributed by atoms with van der Waals surface area (Å²) in [6, 6.07) is 10.8. The van der Waals surface area contributed by atoms with Crippen LogP contribution in [0.15, 0.2) is 58.8 Å². The van der Waals surface area contributed by atoms with Gasteiger partial charge in [-0.1, -0.05) is 49.3 Å². The summed E-state index contributed by atoms with van der Waals surface area (Å²) in [5.41, 5.74) is 7.46. The van der Waals surface area contributed by atoms with E-state index in [4.69, 9.17) is 17.3 Å². The van der Waals surface area contributed by atoms with Crippen LogP contribution >= 0.6 is 23.4 Å². The zero-order valence-electron chi connectivity index (χ0n) is 19.1. The molecule has 4 rings (SSSR count). The first-order valence-electron chi connectivity index (χ1n) is 11.0. The van der Waals surface area contributed by atoms with Crippen LogP contribution in [0.1, 0.15) is 25.8 Å². The SMILES string of the molecule is CC(C)NCCCn1c(Sc2cc(Cl)cc(-c3cccc(C(F)(F)F)c3)c2)nc2c(N)ncnc21. The van der Waals surface area contributed by atoms with Crippen molar-refractivity contribution in [2.75, 3.05) is 12.3 Å². The monoisotopic (exact) mass is 520 g/mol. The van der Waals surface area contributed by atoms with Crippen LogP contribution in [0.2, 0.25) is 5.02 Å². The number of rotatable bonds is 8. The average Bonchev–Trinajstić information content (AvgIpc) is 3.14. The molecule has 0 aliphatic rings. The number of fused-ring (bicyclic) bond motifs is 1. The lowest BCUT2D eigenvalue weighted by Gasteiger charge is -2.12. The van der Waals surface area contributed by atoms with Crippen molar-refractivity contribution < 1.29 is 13.2 Å².